The molecule has 2 heterocycles. The van der Waals surface area contributed by atoms with Crippen molar-refractivity contribution in [3.8, 4) is 17.1 Å². The Morgan fingerprint density at radius 1 is 0.909 bits per heavy atom. The van der Waals surface area contributed by atoms with Crippen molar-refractivity contribution in [1.29, 1.82) is 0 Å². The van der Waals surface area contributed by atoms with Crippen LogP contribution >= 0.6 is 11.8 Å². The Morgan fingerprint density at radius 2 is 1.70 bits per heavy atom. The molecule has 0 N–H and O–H groups in total. The maximum atomic E-state index is 13.2. The number of fused-ring (bicyclic) bond motifs is 2. The van der Waals surface area contributed by atoms with Crippen LogP contribution in [-0.4, -0.2) is 17.3 Å². The molecule has 5 rings (SSSR count). The van der Waals surface area contributed by atoms with E-state index in [2.05, 4.69) is 4.98 Å². The minimum Gasteiger partial charge on any atom is -0.486 e. The lowest BCUT2D eigenvalue weighted by Crippen LogP contribution is -2.11. The number of oxazole rings is 1. The van der Waals surface area contributed by atoms with E-state index in [0.29, 0.717) is 28.6 Å². The first-order chi connectivity index (χ1) is 16.1. The predicted molar refractivity (Wildman–Crippen MR) is 132 cm³/mol. The molecule has 33 heavy (non-hydrogen) atoms. The molecule has 0 saturated heterocycles. The van der Waals surface area contributed by atoms with E-state index in [1.54, 1.807) is 12.1 Å². The first-order valence-electron chi connectivity index (χ1n) is 10.8. The molecular formula is C27H23NO4S. The van der Waals surface area contributed by atoms with Crippen LogP contribution in [0.15, 0.2) is 85.6 Å². The molecule has 3 aromatic carbocycles. The summed E-state index contributed by atoms with van der Waals surface area (Å²) in [6, 6.07) is 21.1. The van der Waals surface area contributed by atoms with Crippen LogP contribution < -0.4 is 10.2 Å². The van der Waals surface area contributed by atoms with Gasteiger partial charge in [0.2, 0.25) is 11.2 Å². The SMILES string of the molecule is Cc1ccc(-c2oc3ccccc3c(=O)c2OCCCSc2nc3cc(C)ccc3o2)cc1. The van der Waals surface area contributed by atoms with Crippen LogP contribution in [-0.2, 0) is 0 Å². The van der Waals surface area contributed by atoms with E-state index < -0.39 is 0 Å². The van der Waals surface area contributed by atoms with Crippen molar-refractivity contribution in [2.75, 3.05) is 12.4 Å². The molecule has 0 bridgehead atoms. The maximum Gasteiger partial charge on any atom is 0.256 e. The van der Waals surface area contributed by atoms with Crippen LogP contribution in [0.5, 0.6) is 5.75 Å². The van der Waals surface area contributed by atoms with Crippen molar-refractivity contribution < 1.29 is 13.6 Å². The van der Waals surface area contributed by atoms with Crippen LogP contribution in [0.2, 0.25) is 0 Å². The molecule has 2 aromatic heterocycles. The lowest BCUT2D eigenvalue weighted by molar-refractivity contribution is 0.310. The van der Waals surface area contributed by atoms with E-state index >= 15 is 0 Å². The minimum absolute atomic E-state index is 0.158. The zero-order valence-electron chi connectivity index (χ0n) is 18.5. The number of nitrogens with zero attached hydrogens (tertiary/aromatic N) is 1. The Morgan fingerprint density at radius 3 is 2.55 bits per heavy atom. The Bertz CT molecular complexity index is 1480. The molecule has 0 spiro atoms. The minimum atomic E-state index is -0.158. The number of aryl methyl sites for hydroxylation is 2. The first-order valence-corrected chi connectivity index (χ1v) is 11.8. The number of rotatable bonds is 7. The number of ether oxygens (including phenoxy) is 1. The van der Waals surface area contributed by atoms with Gasteiger partial charge in [-0.25, -0.2) is 4.98 Å². The molecule has 0 aliphatic carbocycles. The zero-order chi connectivity index (χ0) is 22.8. The highest BCUT2D eigenvalue weighted by Crippen LogP contribution is 2.31. The second-order valence-electron chi connectivity index (χ2n) is 7.95. The summed E-state index contributed by atoms with van der Waals surface area (Å²) < 4.78 is 17.9. The van der Waals surface area contributed by atoms with Crippen LogP contribution in [0.4, 0.5) is 0 Å². The highest BCUT2D eigenvalue weighted by atomic mass is 32.2. The fraction of sp³-hybridized carbons (Fsp3) is 0.185. The molecule has 5 nitrogen and oxygen atoms in total. The molecule has 0 amide bonds. The second-order valence-corrected chi connectivity index (χ2v) is 9.00. The normalized spacial score (nSPS) is 11.3. The van der Waals surface area contributed by atoms with Crippen LogP contribution in [0.3, 0.4) is 0 Å². The van der Waals surface area contributed by atoms with Crippen LogP contribution in [0.25, 0.3) is 33.4 Å². The Hall–Kier alpha value is -3.51. The third kappa shape index (κ3) is 4.52. The molecule has 0 aliphatic heterocycles. The molecule has 0 unspecified atom stereocenters. The van der Waals surface area contributed by atoms with Crippen molar-refractivity contribution in [2.24, 2.45) is 0 Å². The van der Waals surface area contributed by atoms with Gasteiger partial charge in [0.25, 0.3) is 5.22 Å². The van der Waals surface area contributed by atoms with Crippen molar-refractivity contribution >= 4 is 33.8 Å². The van der Waals surface area contributed by atoms with E-state index in [9.17, 15) is 4.79 Å². The lowest BCUT2D eigenvalue weighted by atomic mass is 10.1. The highest BCUT2D eigenvalue weighted by Gasteiger charge is 2.17. The maximum absolute atomic E-state index is 13.2. The van der Waals surface area contributed by atoms with Gasteiger partial charge in [0.15, 0.2) is 11.3 Å². The topological polar surface area (TPSA) is 65.5 Å². The van der Waals surface area contributed by atoms with Gasteiger partial charge in [-0.1, -0.05) is 59.8 Å². The van der Waals surface area contributed by atoms with E-state index in [0.717, 1.165) is 40.0 Å². The molecular weight excluding hydrogens is 434 g/mol. The van der Waals surface area contributed by atoms with Gasteiger partial charge in [0.1, 0.15) is 11.1 Å². The third-order valence-electron chi connectivity index (χ3n) is 5.35. The zero-order valence-corrected chi connectivity index (χ0v) is 19.3. The van der Waals surface area contributed by atoms with Crippen molar-refractivity contribution in [1.82, 2.24) is 4.98 Å². The fourth-order valence-corrected chi connectivity index (χ4v) is 4.37. The smallest absolute Gasteiger partial charge is 0.256 e. The summed E-state index contributed by atoms with van der Waals surface area (Å²) in [6.45, 7) is 4.44. The molecule has 0 aliphatic rings. The number of benzene rings is 3. The summed E-state index contributed by atoms with van der Waals surface area (Å²) in [4.78, 5) is 17.7. The van der Waals surface area contributed by atoms with Crippen molar-refractivity contribution in [2.45, 2.75) is 25.5 Å². The average molecular weight is 458 g/mol. The molecule has 0 fully saturated rings. The Kier molecular flexibility index (Phi) is 5.92. The van der Waals surface area contributed by atoms with Gasteiger partial charge >= 0.3 is 0 Å². The largest absolute Gasteiger partial charge is 0.486 e. The summed E-state index contributed by atoms with van der Waals surface area (Å²) in [5.41, 5.74) is 5.15. The molecule has 5 aromatic rings. The fourth-order valence-electron chi connectivity index (χ4n) is 3.62. The summed E-state index contributed by atoms with van der Waals surface area (Å²) in [7, 11) is 0. The van der Waals surface area contributed by atoms with Gasteiger partial charge in [0, 0.05) is 11.3 Å². The van der Waals surface area contributed by atoms with E-state index in [1.807, 2.05) is 68.4 Å². The molecule has 0 saturated carbocycles. The molecule has 6 heteroatoms. The van der Waals surface area contributed by atoms with E-state index in [4.69, 9.17) is 13.6 Å². The Balaban J connectivity index is 1.32. The molecule has 166 valence electrons. The summed E-state index contributed by atoms with van der Waals surface area (Å²) in [5, 5.41) is 1.15. The number of thioether (sulfide) groups is 1. The summed E-state index contributed by atoms with van der Waals surface area (Å²) in [5.74, 6) is 1.46. The lowest BCUT2D eigenvalue weighted by Gasteiger charge is -2.11. The predicted octanol–water partition coefficient (Wildman–Crippen LogP) is 6.78. The van der Waals surface area contributed by atoms with Gasteiger partial charge in [0.05, 0.1) is 12.0 Å². The summed E-state index contributed by atoms with van der Waals surface area (Å²) >= 11 is 1.54. The van der Waals surface area contributed by atoms with Crippen LogP contribution in [0, 0.1) is 13.8 Å². The van der Waals surface area contributed by atoms with Crippen LogP contribution in [0.1, 0.15) is 17.5 Å². The van der Waals surface area contributed by atoms with Crippen molar-refractivity contribution in [3.05, 3.63) is 88.1 Å². The number of hydrogen-bond acceptors (Lipinski definition) is 6. The van der Waals surface area contributed by atoms with Crippen molar-refractivity contribution in [3.63, 3.8) is 0 Å². The highest BCUT2D eigenvalue weighted by molar-refractivity contribution is 7.99. The molecule has 0 atom stereocenters. The quantitative estimate of drug-likeness (QED) is 0.198. The van der Waals surface area contributed by atoms with Gasteiger partial charge in [-0.3, -0.25) is 4.79 Å². The summed E-state index contributed by atoms with van der Waals surface area (Å²) in [6.07, 6.45) is 0.724. The standard InChI is InChI=1S/C27H23NO4S/c1-17-8-11-19(12-9-17)25-26(24(29)20-6-3-4-7-22(20)31-25)30-14-5-15-33-27-28-21-16-18(2)10-13-23(21)32-27/h3-4,6-13,16H,5,14-15H2,1-2H3. The second kappa shape index (κ2) is 9.16. The number of hydrogen-bond donors (Lipinski definition) is 0. The van der Waals surface area contributed by atoms with E-state index in [-0.39, 0.29) is 11.2 Å². The van der Waals surface area contributed by atoms with Gasteiger partial charge < -0.3 is 13.6 Å². The molecule has 0 radical (unpaired) electrons. The first kappa shape index (κ1) is 21.3. The number of para-hydroxylation sites is 1. The number of aromatic nitrogens is 1. The average Bonchev–Trinajstić information content (AvgIpc) is 3.22. The van der Waals surface area contributed by atoms with Gasteiger partial charge in [-0.15, -0.1) is 0 Å². The van der Waals surface area contributed by atoms with E-state index in [1.165, 1.54) is 11.8 Å². The third-order valence-corrected chi connectivity index (χ3v) is 6.27. The Labute approximate surface area is 195 Å². The monoisotopic (exact) mass is 457 g/mol. The van der Waals surface area contributed by atoms with Gasteiger partial charge in [-0.05, 0) is 50.1 Å². The van der Waals surface area contributed by atoms with Gasteiger partial charge in [-0.2, -0.15) is 0 Å².